The molecule has 0 bridgehead atoms. The Morgan fingerprint density at radius 2 is 1.91 bits per heavy atom. The molecular weight excluding hydrogens is 438 g/mol. The lowest BCUT2D eigenvalue weighted by atomic mass is 9.94. The molecule has 1 aliphatic carbocycles. The SMILES string of the molecule is COc1cc(/C=C2/NC(=S)N(C3CCCCC3)C2=O)ccc1OCC(=O)Nc1ccccc1. The Morgan fingerprint density at radius 3 is 2.64 bits per heavy atom. The third kappa shape index (κ3) is 5.51. The van der Waals surface area contributed by atoms with Gasteiger partial charge < -0.3 is 20.1 Å². The Bertz CT molecular complexity index is 1060. The summed E-state index contributed by atoms with van der Waals surface area (Å²) < 4.78 is 11.1. The molecule has 4 rings (SSSR count). The summed E-state index contributed by atoms with van der Waals surface area (Å²) >= 11 is 5.44. The number of nitrogens with zero attached hydrogens (tertiary/aromatic N) is 1. The minimum Gasteiger partial charge on any atom is -0.493 e. The Hall–Kier alpha value is -3.39. The molecule has 0 spiro atoms. The molecule has 1 saturated heterocycles. The molecule has 33 heavy (non-hydrogen) atoms. The van der Waals surface area contributed by atoms with Gasteiger partial charge >= 0.3 is 0 Å². The third-order valence-electron chi connectivity index (χ3n) is 5.76. The van der Waals surface area contributed by atoms with Gasteiger partial charge in [0.15, 0.2) is 23.2 Å². The van der Waals surface area contributed by atoms with Crippen LogP contribution in [0.15, 0.2) is 54.2 Å². The van der Waals surface area contributed by atoms with Crippen LogP contribution in [-0.2, 0) is 9.59 Å². The van der Waals surface area contributed by atoms with E-state index in [1.807, 2.05) is 18.2 Å². The van der Waals surface area contributed by atoms with Crippen molar-refractivity contribution in [1.82, 2.24) is 10.2 Å². The maximum Gasteiger partial charge on any atom is 0.276 e. The fraction of sp³-hybridized carbons (Fsp3) is 0.320. The number of carbonyl (C=O) groups is 2. The molecule has 2 N–H and O–H groups in total. The molecule has 0 aromatic heterocycles. The molecule has 2 aliphatic rings. The quantitative estimate of drug-likeness (QED) is 0.473. The van der Waals surface area contributed by atoms with E-state index < -0.39 is 0 Å². The highest BCUT2D eigenvalue weighted by atomic mass is 32.1. The Morgan fingerprint density at radius 1 is 1.15 bits per heavy atom. The summed E-state index contributed by atoms with van der Waals surface area (Å²) in [5.74, 6) is 0.539. The summed E-state index contributed by atoms with van der Waals surface area (Å²) in [6, 6.07) is 14.6. The summed E-state index contributed by atoms with van der Waals surface area (Å²) in [6.45, 7) is -0.156. The van der Waals surface area contributed by atoms with Crippen LogP contribution < -0.4 is 20.1 Å². The van der Waals surface area contributed by atoms with Crippen LogP contribution in [0.3, 0.4) is 0 Å². The average molecular weight is 466 g/mol. The van der Waals surface area contributed by atoms with Crippen molar-refractivity contribution in [3.05, 3.63) is 59.8 Å². The zero-order valence-corrected chi connectivity index (χ0v) is 19.3. The first kappa shape index (κ1) is 22.8. The predicted octanol–water partition coefficient (Wildman–Crippen LogP) is 4.10. The number of hydrogen-bond donors (Lipinski definition) is 2. The lowest BCUT2D eigenvalue weighted by Gasteiger charge is -2.29. The Labute approximate surface area is 198 Å². The lowest BCUT2D eigenvalue weighted by Crippen LogP contribution is -2.41. The number of nitrogens with one attached hydrogen (secondary N) is 2. The molecule has 1 aliphatic heterocycles. The number of anilines is 1. The second kappa shape index (κ2) is 10.5. The van der Waals surface area contributed by atoms with Crippen LogP contribution in [0.25, 0.3) is 6.08 Å². The second-order valence-electron chi connectivity index (χ2n) is 8.07. The van der Waals surface area contributed by atoms with Crippen molar-refractivity contribution in [2.45, 2.75) is 38.1 Å². The summed E-state index contributed by atoms with van der Waals surface area (Å²) in [6.07, 6.45) is 7.18. The van der Waals surface area contributed by atoms with Crippen LogP contribution in [0.2, 0.25) is 0 Å². The number of thiocarbonyl (C=S) groups is 1. The molecule has 172 valence electrons. The summed E-state index contributed by atoms with van der Waals surface area (Å²) in [7, 11) is 1.53. The van der Waals surface area contributed by atoms with Crippen LogP contribution in [0.5, 0.6) is 11.5 Å². The lowest BCUT2D eigenvalue weighted by molar-refractivity contribution is -0.124. The summed E-state index contributed by atoms with van der Waals surface area (Å²) in [5, 5.41) is 6.30. The molecule has 0 unspecified atom stereocenters. The van der Waals surface area contributed by atoms with Gasteiger partial charge in [-0.2, -0.15) is 0 Å². The molecule has 8 heteroatoms. The fourth-order valence-corrected chi connectivity index (χ4v) is 4.48. The van der Waals surface area contributed by atoms with Crippen LogP contribution >= 0.6 is 12.2 Å². The van der Waals surface area contributed by atoms with E-state index in [0.717, 1.165) is 31.2 Å². The third-order valence-corrected chi connectivity index (χ3v) is 6.06. The number of ether oxygens (including phenoxy) is 2. The van der Waals surface area contributed by atoms with Gasteiger partial charge in [0.25, 0.3) is 11.8 Å². The van der Waals surface area contributed by atoms with Crippen LogP contribution in [0.1, 0.15) is 37.7 Å². The maximum atomic E-state index is 13.0. The number of methoxy groups -OCH3 is 1. The zero-order valence-electron chi connectivity index (χ0n) is 18.5. The number of amides is 2. The molecule has 1 saturated carbocycles. The van der Waals surface area contributed by atoms with Crippen LogP contribution in [0.4, 0.5) is 5.69 Å². The molecule has 1 heterocycles. The predicted molar refractivity (Wildman–Crippen MR) is 131 cm³/mol. The van der Waals surface area contributed by atoms with Crippen molar-refractivity contribution >= 4 is 40.9 Å². The highest BCUT2D eigenvalue weighted by Crippen LogP contribution is 2.30. The molecule has 2 aromatic rings. The summed E-state index contributed by atoms with van der Waals surface area (Å²) in [4.78, 5) is 26.9. The van der Waals surface area contributed by atoms with Crippen molar-refractivity contribution in [2.24, 2.45) is 0 Å². The molecular formula is C25H27N3O4S. The summed E-state index contributed by atoms with van der Waals surface area (Å²) in [5.41, 5.74) is 1.91. The largest absolute Gasteiger partial charge is 0.493 e. The van der Waals surface area contributed by atoms with Crippen molar-refractivity contribution in [2.75, 3.05) is 19.0 Å². The van der Waals surface area contributed by atoms with Crippen molar-refractivity contribution in [3.63, 3.8) is 0 Å². The number of hydrogen-bond acceptors (Lipinski definition) is 5. The number of rotatable bonds is 7. The van der Waals surface area contributed by atoms with E-state index in [4.69, 9.17) is 21.7 Å². The van der Waals surface area contributed by atoms with Crippen LogP contribution in [0, 0.1) is 0 Å². The highest BCUT2D eigenvalue weighted by Gasteiger charge is 2.36. The van der Waals surface area contributed by atoms with Crippen molar-refractivity contribution < 1.29 is 19.1 Å². The smallest absolute Gasteiger partial charge is 0.276 e. The molecule has 7 nitrogen and oxygen atoms in total. The van der Waals surface area contributed by atoms with Gasteiger partial charge in [0, 0.05) is 11.7 Å². The zero-order chi connectivity index (χ0) is 23.2. The molecule has 2 amide bonds. The number of carbonyl (C=O) groups excluding carboxylic acids is 2. The highest BCUT2D eigenvalue weighted by molar-refractivity contribution is 7.80. The second-order valence-corrected chi connectivity index (χ2v) is 8.46. The van der Waals surface area contributed by atoms with Gasteiger partial charge in [0.05, 0.1) is 7.11 Å². The normalized spacial score (nSPS) is 17.7. The minimum atomic E-state index is -0.272. The maximum absolute atomic E-state index is 13.0. The fourth-order valence-electron chi connectivity index (χ4n) is 4.14. The first-order valence-electron chi connectivity index (χ1n) is 11.1. The molecule has 2 aromatic carbocycles. The Kier molecular flexibility index (Phi) is 7.24. The topological polar surface area (TPSA) is 79.9 Å². The van der Waals surface area contributed by atoms with E-state index in [9.17, 15) is 9.59 Å². The van der Waals surface area contributed by atoms with Crippen LogP contribution in [-0.4, -0.2) is 41.6 Å². The van der Waals surface area contributed by atoms with Gasteiger partial charge in [-0.05, 0) is 61.0 Å². The van der Waals surface area contributed by atoms with Gasteiger partial charge in [-0.3, -0.25) is 14.5 Å². The molecule has 2 fully saturated rings. The van der Waals surface area contributed by atoms with Gasteiger partial charge in [-0.25, -0.2) is 0 Å². The van der Waals surface area contributed by atoms with E-state index >= 15 is 0 Å². The van der Waals surface area contributed by atoms with Gasteiger partial charge in [-0.1, -0.05) is 43.5 Å². The minimum absolute atomic E-state index is 0.0937. The average Bonchev–Trinajstić information content (AvgIpc) is 3.11. The standard InChI is InChI=1S/C25H27N3O4S/c1-31-22-15-17(12-13-21(22)32-16-23(29)26-18-8-4-2-5-9-18)14-20-24(30)28(25(33)27-20)19-10-6-3-7-11-19/h2,4-5,8-9,12-15,19H,3,6-7,10-11,16H2,1H3,(H,26,29)(H,27,33)/b20-14+. The van der Waals surface area contributed by atoms with Crippen molar-refractivity contribution in [1.29, 1.82) is 0 Å². The number of para-hydroxylation sites is 1. The van der Waals surface area contributed by atoms with E-state index in [2.05, 4.69) is 10.6 Å². The Balaban J connectivity index is 1.42. The van der Waals surface area contributed by atoms with Crippen molar-refractivity contribution in [3.8, 4) is 11.5 Å². The molecule has 0 atom stereocenters. The van der Waals surface area contributed by atoms with E-state index in [-0.39, 0.29) is 24.5 Å². The monoisotopic (exact) mass is 465 g/mol. The van der Waals surface area contributed by atoms with Gasteiger partial charge in [0.1, 0.15) is 5.70 Å². The van der Waals surface area contributed by atoms with E-state index in [0.29, 0.717) is 28.0 Å². The number of benzene rings is 2. The van der Waals surface area contributed by atoms with E-state index in [1.54, 1.807) is 41.3 Å². The molecule has 0 radical (unpaired) electrons. The first-order valence-corrected chi connectivity index (χ1v) is 11.5. The van der Waals surface area contributed by atoms with Gasteiger partial charge in [0.2, 0.25) is 0 Å². The van der Waals surface area contributed by atoms with Gasteiger partial charge in [-0.15, -0.1) is 0 Å². The van der Waals surface area contributed by atoms with E-state index in [1.165, 1.54) is 13.5 Å². The first-order chi connectivity index (χ1) is 16.0.